The molecule has 5 rings (SSSR count). The van der Waals surface area contributed by atoms with Crippen molar-refractivity contribution >= 4 is 23.3 Å². The van der Waals surface area contributed by atoms with Gasteiger partial charge in [0.25, 0.3) is 0 Å². The van der Waals surface area contributed by atoms with E-state index in [-0.39, 0.29) is 18.0 Å². The van der Waals surface area contributed by atoms with Gasteiger partial charge in [-0.05, 0) is 94.8 Å². The highest BCUT2D eigenvalue weighted by atomic mass is 16.6. The monoisotopic (exact) mass is 620 g/mol. The Labute approximate surface area is 267 Å². The number of hydrogen-bond acceptors (Lipinski definition) is 9. The van der Waals surface area contributed by atoms with E-state index in [1.807, 2.05) is 52.1 Å². The molecule has 10 nitrogen and oxygen atoms in total. The summed E-state index contributed by atoms with van der Waals surface area (Å²) in [5, 5.41) is 0. The maximum atomic E-state index is 12.6. The molecule has 244 valence electrons. The number of aromatic nitrogens is 2. The van der Waals surface area contributed by atoms with E-state index in [1.54, 1.807) is 18.2 Å². The summed E-state index contributed by atoms with van der Waals surface area (Å²) in [6.07, 6.45) is 10.9. The molecule has 3 aliphatic rings. The Morgan fingerprint density at radius 2 is 1.82 bits per heavy atom. The topological polar surface area (TPSA) is 103 Å². The van der Waals surface area contributed by atoms with Crippen molar-refractivity contribution < 1.29 is 28.5 Å². The summed E-state index contributed by atoms with van der Waals surface area (Å²) < 4.78 is 22.5. The van der Waals surface area contributed by atoms with Crippen molar-refractivity contribution in [3.8, 4) is 11.8 Å². The molecule has 0 bridgehead atoms. The Morgan fingerprint density at radius 1 is 1.04 bits per heavy atom. The Kier molecular flexibility index (Phi) is 10.5. The summed E-state index contributed by atoms with van der Waals surface area (Å²) in [5.74, 6) is 2.16. The summed E-state index contributed by atoms with van der Waals surface area (Å²) in [4.78, 5) is 37.9. The van der Waals surface area contributed by atoms with Crippen molar-refractivity contribution in [2.24, 2.45) is 11.8 Å². The molecule has 1 aliphatic carbocycles. The van der Waals surface area contributed by atoms with Crippen LogP contribution in [-0.2, 0) is 14.3 Å². The van der Waals surface area contributed by atoms with E-state index in [4.69, 9.17) is 18.9 Å². The number of pyridine rings is 2. The van der Waals surface area contributed by atoms with Crippen LogP contribution in [-0.4, -0.2) is 79.0 Å². The standard InChI is InChI=1S/C35H48N4O6/c1-6-43-33(40)20-28(25-7-8-25)27-9-14-36-32(19-27)44-23-24-10-15-38(16-11-24)30-21-31(42-5)37-22-29(30)26-12-17-39(18-13-26)34(41)45-35(2,3)4/h9,12,14,19,21-22,24-25,28H,6-8,10-11,13,15-18,20,23H2,1-5H3/t28-/m0/s1. The summed E-state index contributed by atoms with van der Waals surface area (Å²) in [7, 11) is 1.64. The lowest BCUT2D eigenvalue weighted by atomic mass is 9.92. The van der Waals surface area contributed by atoms with Crippen molar-refractivity contribution in [1.82, 2.24) is 14.9 Å². The van der Waals surface area contributed by atoms with Gasteiger partial charge in [0.05, 0.1) is 32.4 Å². The number of hydrogen-bond donors (Lipinski definition) is 0. The highest BCUT2D eigenvalue weighted by molar-refractivity contribution is 5.79. The molecule has 2 aromatic heterocycles. The number of ether oxygens (including phenoxy) is 4. The highest BCUT2D eigenvalue weighted by Crippen LogP contribution is 2.45. The van der Waals surface area contributed by atoms with Crippen LogP contribution in [0.25, 0.3) is 5.57 Å². The van der Waals surface area contributed by atoms with Crippen LogP contribution in [0, 0.1) is 11.8 Å². The van der Waals surface area contributed by atoms with Crippen LogP contribution < -0.4 is 14.4 Å². The molecule has 10 heteroatoms. The molecule has 2 aliphatic heterocycles. The third-order valence-corrected chi connectivity index (χ3v) is 8.77. The lowest BCUT2D eigenvalue weighted by Crippen LogP contribution is -2.39. The minimum atomic E-state index is -0.518. The van der Waals surface area contributed by atoms with Crippen LogP contribution in [0.4, 0.5) is 10.5 Å². The van der Waals surface area contributed by atoms with E-state index >= 15 is 0 Å². The Morgan fingerprint density at radius 3 is 2.47 bits per heavy atom. The molecule has 4 heterocycles. The third kappa shape index (κ3) is 8.89. The highest BCUT2D eigenvalue weighted by Gasteiger charge is 2.34. The predicted molar refractivity (Wildman–Crippen MR) is 173 cm³/mol. The van der Waals surface area contributed by atoms with E-state index in [2.05, 4.69) is 20.9 Å². The zero-order chi connectivity index (χ0) is 32.0. The second kappa shape index (κ2) is 14.5. The van der Waals surface area contributed by atoms with Crippen LogP contribution in [0.15, 0.2) is 36.7 Å². The maximum Gasteiger partial charge on any atom is 0.410 e. The van der Waals surface area contributed by atoms with Gasteiger partial charge in [-0.3, -0.25) is 4.79 Å². The minimum Gasteiger partial charge on any atom is -0.481 e. The number of amides is 1. The first-order chi connectivity index (χ1) is 21.6. The molecule has 2 aromatic rings. The Balaban J connectivity index is 1.18. The smallest absolute Gasteiger partial charge is 0.410 e. The molecular formula is C35H48N4O6. The molecular weight excluding hydrogens is 572 g/mol. The molecule has 0 spiro atoms. The molecule has 2 fully saturated rings. The molecule has 1 saturated heterocycles. The second-order valence-electron chi connectivity index (χ2n) is 13.3. The fraction of sp³-hybridized carbons (Fsp3) is 0.600. The van der Waals surface area contributed by atoms with Gasteiger partial charge in [-0.25, -0.2) is 14.8 Å². The average molecular weight is 621 g/mol. The van der Waals surface area contributed by atoms with Gasteiger partial charge in [0.15, 0.2) is 0 Å². The van der Waals surface area contributed by atoms with Gasteiger partial charge in [-0.2, -0.15) is 0 Å². The number of rotatable bonds is 11. The van der Waals surface area contributed by atoms with Crippen LogP contribution in [0.5, 0.6) is 11.8 Å². The zero-order valence-electron chi connectivity index (χ0n) is 27.4. The molecule has 0 aromatic carbocycles. The van der Waals surface area contributed by atoms with Gasteiger partial charge < -0.3 is 28.7 Å². The first-order valence-electron chi connectivity index (χ1n) is 16.3. The normalized spacial score (nSPS) is 18.2. The van der Waals surface area contributed by atoms with Crippen molar-refractivity contribution in [3.63, 3.8) is 0 Å². The maximum absolute atomic E-state index is 12.6. The summed E-state index contributed by atoms with van der Waals surface area (Å²) in [6.45, 7) is 11.4. The molecule has 1 saturated carbocycles. The van der Waals surface area contributed by atoms with Crippen molar-refractivity contribution in [3.05, 3.63) is 47.8 Å². The Bertz CT molecular complexity index is 1360. The molecule has 1 amide bonds. The van der Waals surface area contributed by atoms with E-state index in [1.165, 1.54) is 5.57 Å². The molecule has 0 unspecified atom stereocenters. The van der Waals surface area contributed by atoms with E-state index < -0.39 is 5.60 Å². The van der Waals surface area contributed by atoms with Crippen LogP contribution in [0.1, 0.15) is 83.3 Å². The summed E-state index contributed by atoms with van der Waals surface area (Å²) in [5.41, 5.74) is 3.97. The van der Waals surface area contributed by atoms with Crippen LogP contribution in [0.2, 0.25) is 0 Å². The first kappa shape index (κ1) is 32.6. The third-order valence-electron chi connectivity index (χ3n) is 8.77. The van der Waals surface area contributed by atoms with Gasteiger partial charge >= 0.3 is 12.1 Å². The van der Waals surface area contributed by atoms with E-state index in [0.717, 1.165) is 62.0 Å². The predicted octanol–water partition coefficient (Wildman–Crippen LogP) is 6.25. The van der Waals surface area contributed by atoms with Crippen LogP contribution >= 0.6 is 0 Å². The van der Waals surface area contributed by atoms with Gasteiger partial charge in [0.2, 0.25) is 11.8 Å². The first-order valence-corrected chi connectivity index (χ1v) is 16.3. The summed E-state index contributed by atoms with van der Waals surface area (Å²) >= 11 is 0. The fourth-order valence-electron chi connectivity index (χ4n) is 6.19. The number of carbonyl (C=O) groups excluding carboxylic acids is 2. The fourth-order valence-corrected chi connectivity index (χ4v) is 6.19. The number of nitrogens with zero attached hydrogens (tertiary/aromatic N) is 4. The largest absolute Gasteiger partial charge is 0.481 e. The van der Waals surface area contributed by atoms with Gasteiger partial charge in [0, 0.05) is 56.3 Å². The average Bonchev–Trinajstić information content (AvgIpc) is 3.88. The number of anilines is 1. The van der Waals surface area contributed by atoms with Gasteiger partial charge in [0.1, 0.15) is 5.60 Å². The lowest BCUT2D eigenvalue weighted by Gasteiger charge is -2.35. The number of carbonyl (C=O) groups is 2. The second-order valence-corrected chi connectivity index (χ2v) is 13.3. The van der Waals surface area contributed by atoms with E-state index in [9.17, 15) is 9.59 Å². The number of methoxy groups -OCH3 is 1. The quantitative estimate of drug-likeness (QED) is 0.270. The van der Waals surface area contributed by atoms with Crippen molar-refractivity contribution in [2.75, 3.05) is 51.4 Å². The van der Waals surface area contributed by atoms with Crippen LogP contribution in [0.3, 0.4) is 0 Å². The zero-order valence-corrected chi connectivity index (χ0v) is 27.4. The number of esters is 1. The van der Waals surface area contributed by atoms with Gasteiger partial charge in [-0.15, -0.1) is 0 Å². The van der Waals surface area contributed by atoms with E-state index in [0.29, 0.717) is 56.3 Å². The van der Waals surface area contributed by atoms with Crippen molar-refractivity contribution in [1.29, 1.82) is 0 Å². The molecule has 1 atom stereocenters. The molecule has 0 radical (unpaired) electrons. The Hall–Kier alpha value is -3.82. The van der Waals surface area contributed by atoms with Gasteiger partial charge in [-0.1, -0.05) is 6.08 Å². The molecule has 45 heavy (non-hydrogen) atoms. The lowest BCUT2D eigenvalue weighted by molar-refractivity contribution is -0.143. The SMILES string of the molecule is CCOC(=O)C[C@H](c1ccnc(OCC2CCN(c3cc(OC)ncc3C3=CCN(C(=O)OC(C)(C)C)CC3)CC2)c1)C1CC1. The minimum absolute atomic E-state index is 0.141. The van der Waals surface area contributed by atoms with Crippen molar-refractivity contribution in [2.45, 2.75) is 77.7 Å². The number of piperidine rings is 1. The molecule has 0 N–H and O–H groups in total. The summed E-state index contributed by atoms with van der Waals surface area (Å²) in [6, 6.07) is 6.04.